The predicted octanol–water partition coefficient (Wildman–Crippen LogP) is 3.00. The van der Waals surface area contributed by atoms with Crippen LogP contribution in [0.3, 0.4) is 0 Å². The zero-order valence-corrected chi connectivity index (χ0v) is 13.6. The van der Waals surface area contributed by atoms with Crippen LogP contribution in [0.4, 0.5) is 5.69 Å². The highest BCUT2D eigenvalue weighted by Gasteiger charge is 2.09. The minimum atomic E-state index is -0.297. The Morgan fingerprint density at radius 1 is 1.29 bits per heavy atom. The number of carbonyl (C=O) groups excluding carboxylic acids is 1. The first-order chi connectivity index (χ1) is 10.0. The zero-order valence-electron chi connectivity index (χ0n) is 12.1. The summed E-state index contributed by atoms with van der Waals surface area (Å²) < 4.78 is 0.892. The largest absolute Gasteiger partial charge is 0.370 e. The molecule has 0 aromatic heterocycles. The molecule has 2 rings (SSSR count). The van der Waals surface area contributed by atoms with Crippen LogP contribution < -0.4 is 16.2 Å². The minimum absolute atomic E-state index is 0.297. The third-order valence-corrected chi connectivity index (χ3v) is 4.03. The number of hydrazine groups is 1. The standard InChI is InChI=1S/C16H18BrN3O/c1-11-4-3-5-14(8-11)20(2)10-13-7-6-12(9-15(13)17)16(21)19-18/h3-9H,10,18H2,1-2H3,(H,19,21). The van der Waals surface area contributed by atoms with E-state index in [4.69, 9.17) is 5.84 Å². The molecule has 0 aliphatic carbocycles. The third kappa shape index (κ3) is 3.83. The molecule has 4 nitrogen and oxygen atoms in total. The predicted molar refractivity (Wildman–Crippen MR) is 89.1 cm³/mol. The van der Waals surface area contributed by atoms with E-state index in [2.05, 4.69) is 51.4 Å². The number of nitrogens with zero attached hydrogens (tertiary/aromatic N) is 1. The maximum Gasteiger partial charge on any atom is 0.265 e. The number of nitrogen functional groups attached to an aromatic ring is 1. The maximum atomic E-state index is 11.5. The third-order valence-electron chi connectivity index (χ3n) is 3.30. The number of hydrogen-bond acceptors (Lipinski definition) is 3. The number of benzene rings is 2. The van der Waals surface area contributed by atoms with Crippen LogP contribution in [0.1, 0.15) is 21.5 Å². The lowest BCUT2D eigenvalue weighted by Crippen LogP contribution is -2.30. The van der Waals surface area contributed by atoms with Crippen molar-refractivity contribution in [3.05, 3.63) is 63.6 Å². The lowest BCUT2D eigenvalue weighted by Gasteiger charge is -2.21. The molecule has 0 saturated carbocycles. The topological polar surface area (TPSA) is 58.4 Å². The molecule has 2 aromatic rings. The van der Waals surface area contributed by atoms with Gasteiger partial charge in [-0.3, -0.25) is 10.2 Å². The normalized spacial score (nSPS) is 10.3. The van der Waals surface area contributed by atoms with Crippen LogP contribution >= 0.6 is 15.9 Å². The van der Waals surface area contributed by atoms with Gasteiger partial charge in [0.05, 0.1) is 0 Å². The van der Waals surface area contributed by atoms with Crippen molar-refractivity contribution in [3.63, 3.8) is 0 Å². The maximum absolute atomic E-state index is 11.5. The van der Waals surface area contributed by atoms with Gasteiger partial charge in [0.15, 0.2) is 0 Å². The van der Waals surface area contributed by atoms with Crippen molar-refractivity contribution in [2.24, 2.45) is 5.84 Å². The molecule has 2 aromatic carbocycles. The lowest BCUT2D eigenvalue weighted by atomic mass is 10.1. The van der Waals surface area contributed by atoms with Crippen molar-refractivity contribution in [3.8, 4) is 0 Å². The van der Waals surface area contributed by atoms with Crippen molar-refractivity contribution in [2.45, 2.75) is 13.5 Å². The molecule has 0 unspecified atom stereocenters. The summed E-state index contributed by atoms with van der Waals surface area (Å²) in [6, 6.07) is 13.8. The molecule has 0 aliphatic rings. The van der Waals surface area contributed by atoms with Crippen LogP contribution in [-0.2, 0) is 6.54 Å². The van der Waals surface area contributed by atoms with E-state index in [1.165, 1.54) is 5.56 Å². The zero-order chi connectivity index (χ0) is 15.4. The molecule has 0 atom stereocenters. The summed E-state index contributed by atoms with van der Waals surface area (Å²) >= 11 is 3.51. The van der Waals surface area contributed by atoms with Crippen LogP contribution in [0.5, 0.6) is 0 Å². The Morgan fingerprint density at radius 3 is 2.67 bits per heavy atom. The molecule has 0 radical (unpaired) electrons. The summed E-state index contributed by atoms with van der Waals surface area (Å²) in [5.41, 5.74) is 6.16. The summed E-state index contributed by atoms with van der Waals surface area (Å²) in [7, 11) is 2.04. The van der Waals surface area contributed by atoms with Gasteiger partial charge in [0, 0.05) is 29.3 Å². The smallest absolute Gasteiger partial charge is 0.265 e. The Balaban J connectivity index is 2.18. The number of anilines is 1. The number of hydrogen-bond donors (Lipinski definition) is 2. The first-order valence-electron chi connectivity index (χ1n) is 6.58. The Kier molecular flexibility index (Phi) is 4.98. The Bertz CT molecular complexity index is 658. The van der Waals surface area contributed by atoms with Gasteiger partial charge in [-0.1, -0.05) is 34.1 Å². The van der Waals surface area contributed by atoms with Gasteiger partial charge in [-0.05, 0) is 42.3 Å². The van der Waals surface area contributed by atoms with Crippen molar-refractivity contribution < 1.29 is 4.79 Å². The molecule has 110 valence electrons. The highest BCUT2D eigenvalue weighted by molar-refractivity contribution is 9.10. The number of nitrogens with one attached hydrogen (secondary N) is 1. The van der Waals surface area contributed by atoms with Crippen molar-refractivity contribution in [1.29, 1.82) is 0 Å². The van der Waals surface area contributed by atoms with E-state index < -0.39 is 0 Å². The number of nitrogens with two attached hydrogens (primary N) is 1. The SMILES string of the molecule is Cc1cccc(N(C)Cc2ccc(C(=O)NN)cc2Br)c1. The van der Waals surface area contributed by atoms with Crippen LogP contribution in [0.15, 0.2) is 46.9 Å². The van der Waals surface area contributed by atoms with Crippen LogP contribution in [0.25, 0.3) is 0 Å². The fourth-order valence-corrected chi connectivity index (χ4v) is 2.62. The van der Waals surface area contributed by atoms with Gasteiger partial charge in [0.25, 0.3) is 5.91 Å². The van der Waals surface area contributed by atoms with E-state index in [1.54, 1.807) is 12.1 Å². The molecule has 1 amide bonds. The van der Waals surface area contributed by atoms with E-state index in [9.17, 15) is 4.79 Å². The average molecular weight is 348 g/mol. The van der Waals surface area contributed by atoms with Gasteiger partial charge in [0.1, 0.15) is 0 Å². The minimum Gasteiger partial charge on any atom is -0.370 e. The Labute approximate surface area is 133 Å². The first kappa shape index (κ1) is 15.5. The molecular formula is C16H18BrN3O. The second-order valence-corrected chi connectivity index (χ2v) is 5.83. The van der Waals surface area contributed by atoms with E-state index in [0.29, 0.717) is 5.56 Å². The van der Waals surface area contributed by atoms with Gasteiger partial charge in [-0.25, -0.2) is 5.84 Å². The summed E-state index contributed by atoms with van der Waals surface area (Å²) in [4.78, 5) is 13.7. The highest BCUT2D eigenvalue weighted by atomic mass is 79.9. The fraction of sp³-hybridized carbons (Fsp3) is 0.188. The van der Waals surface area contributed by atoms with Crippen LogP contribution in [0, 0.1) is 6.92 Å². The lowest BCUT2D eigenvalue weighted by molar-refractivity contribution is 0.0953. The molecule has 0 aliphatic heterocycles. The monoisotopic (exact) mass is 347 g/mol. The molecule has 3 N–H and O–H groups in total. The van der Waals surface area contributed by atoms with E-state index in [-0.39, 0.29) is 5.91 Å². The van der Waals surface area contributed by atoms with Crippen molar-refractivity contribution in [1.82, 2.24) is 5.43 Å². The van der Waals surface area contributed by atoms with Crippen LogP contribution in [0.2, 0.25) is 0 Å². The molecule has 21 heavy (non-hydrogen) atoms. The summed E-state index contributed by atoms with van der Waals surface area (Å²) in [5, 5.41) is 0. The second kappa shape index (κ2) is 6.74. The van der Waals surface area contributed by atoms with E-state index in [0.717, 1.165) is 22.3 Å². The van der Waals surface area contributed by atoms with Gasteiger partial charge >= 0.3 is 0 Å². The van der Waals surface area contributed by atoms with E-state index in [1.807, 2.05) is 19.2 Å². The fourth-order valence-electron chi connectivity index (χ4n) is 2.11. The average Bonchev–Trinajstić information content (AvgIpc) is 2.48. The number of halogens is 1. The quantitative estimate of drug-likeness (QED) is 0.507. The van der Waals surface area contributed by atoms with E-state index >= 15 is 0 Å². The van der Waals surface area contributed by atoms with Crippen molar-refractivity contribution >= 4 is 27.5 Å². The van der Waals surface area contributed by atoms with Crippen molar-refractivity contribution in [2.75, 3.05) is 11.9 Å². The number of rotatable bonds is 4. The molecule has 0 heterocycles. The first-order valence-corrected chi connectivity index (χ1v) is 7.37. The van der Waals surface area contributed by atoms with Gasteiger partial charge in [-0.2, -0.15) is 0 Å². The highest BCUT2D eigenvalue weighted by Crippen LogP contribution is 2.23. The number of amides is 1. The number of carbonyl (C=O) groups is 1. The Morgan fingerprint density at radius 2 is 2.05 bits per heavy atom. The second-order valence-electron chi connectivity index (χ2n) is 4.97. The van der Waals surface area contributed by atoms with Gasteiger partial charge in [-0.15, -0.1) is 0 Å². The van der Waals surface area contributed by atoms with Gasteiger partial charge in [0.2, 0.25) is 0 Å². The van der Waals surface area contributed by atoms with Crippen LogP contribution in [-0.4, -0.2) is 13.0 Å². The molecule has 0 fully saturated rings. The summed E-state index contributed by atoms with van der Waals surface area (Å²) in [6.45, 7) is 2.82. The number of aryl methyl sites for hydroxylation is 1. The Hall–Kier alpha value is -1.85. The summed E-state index contributed by atoms with van der Waals surface area (Å²) in [6.07, 6.45) is 0. The van der Waals surface area contributed by atoms with Gasteiger partial charge < -0.3 is 4.90 Å². The molecular weight excluding hydrogens is 330 g/mol. The summed E-state index contributed by atoms with van der Waals surface area (Å²) in [5.74, 6) is 4.84. The molecule has 0 bridgehead atoms. The molecule has 0 saturated heterocycles. The molecule has 5 heteroatoms. The molecule has 0 spiro atoms.